The average molecular weight is 201 g/mol. The number of hydrogen-bond acceptors (Lipinski definition) is 1. The van der Waals surface area contributed by atoms with E-state index in [0.717, 1.165) is 25.0 Å². The van der Waals surface area contributed by atoms with Crippen molar-refractivity contribution in [3.05, 3.63) is 0 Å². The van der Waals surface area contributed by atoms with Gasteiger partial charge in [-0.15, -0.1) is 0 Å². The lowest BCUT2D eigenvalue weighted by Gasteiger charge is -2.12. The van der Waals surface area contributed by atoms with Crippen LogP contribution in [-0.4, -0.2) is 23.0 Å². The van der Waals surface area contributed by atoms with Crippen molar-refractivity contribution < 1.29 is 4.79 Å². The van der Waals surface area contributed by atoms with Crippen molar-refractivity contribution in [1.82, 2.24) is 0 Å². The molecule has 0 aromatic rings. The highest BCUT2D eigenvalue weighted by molar-refractivity contribution is 7.97. The summed E-state index contributed by atoms with van der Waals surface area (Å²) < 4.78 is 0. The van der Waals surface area contributed by atoms with Crippen molar-refractivity contribution in [1.29, 1.82) is 0 Å². The third-order valence-corrected chi connectivity index (χ3v) is 5.00. The second kappa shape index (κ2) is 6.47. The second-order valence-corrected chi connectivity index (χ2v) is 6.20. The molecule has 13 heavy (non-hydrogen) atoms. The molecule has 0 aliphatic carbocycles. The Bertz CT molecular complexity index is 150. The number of hydrogen-bond donors (Lipinski definition) is 0. The van der Waals surface area contributed by atoms with Gasteiger partial charge in [-0.25, -0.2) is 0 Å². The normalized spacial score (nSPS) is 18.8. The SMILES string of the molecule is CCCCC(=O)C[S+]1CCCCC1. The third kappa shape index (κ3) is 4.70. The number of Topliss-reactive ketones (excluding diaryl/α,β-unsaturated/α-hetero) is 1. The minimum Gasteiger partial charge on any atom is -0.294 e. The first kappa shape index (κ1) is 11.1. The molecular weight excluding hydrogens is 180 g/mol. The molecule has 2 heteroatoms. The maximum Gasteiger partial charge on any atom is 0.181 e. The molecule has 1 rings (SSSR count). The predicted octanol–water partition coefficient (Wildman–Crippen LogP) is 2.55. The van der Waals surface area contributed by atoms with Crippen molar-refractivity contribution in [3.63, 3.8) is 0 Å². The van der Waals surface area contributed by atoms with E-state index in [2.05, 4.69) is 6.92 Å². The largest absolute Gasteiger partial charge is 0.294 e. The Hall–Kier alpha value is 0.0200. The minimum atomic E-state index is 0.472. The molecule has 0 aromatic heterocycles. The molecule has 1 aliphatic heterocycles. The summed E-state index contributed by atoms with van der Waals surface area (Å²) in [6, 6.07) is 0. The van der Waals surface area contributed by atoms with E-state index in [0.29, 0.717) is 16.7 Å². The fourth-order valence-electron chi connectivity index (χ4n) is 1.71. The zero-order valence-electron chi connectivity index (χ0n) is 8.68. The first-order chi connectivity index (χ1) is 6.33. The highest BCUT2D eigenvalue weighted by atomic mass is 32.2. The fourth-order valence-corrected chi connectivity index (χ4v) is 4.03. The molecule has 1 aliphatic rings. The van der Waals surface area contributed by atoms with Crippen LogP contribution in [0.3, 0.4) is 0 Å². The Morgan fingerprint density at radius 1 is 1.23 bits per heavy atom. The molecule has 0 spiro atoms. The molecule has 0 unspecified atom stereocenters. The Kier molecular flexibility index (Phi) is 5.52. The van der Waals surface area contributed by atoms with Crippen LogP contribution in [0.15, 0.2) is 0 Å². The molecule has 0 N–H and O–H groups in total. The Morgan fingerprint density at radius 3 is 2.54 bits per heavy atom. The highest BCUT2D eigenvalue weighted by Gasteiger charge is 2.24. The van der Waals surface area contributed by atoms with Crippen LogP contribution in [0.5, 0.6) is 0 Å². The maximum atomic E-state index is 11.5. The van der Waals surface area contributed by atoms with Gasteiger partial charge in [0.05, 0.1) is 0 Å². The van der Waals surface area contributed by atoms with Crippen molar-refractivity contribution in [2.75, 3.05) is 17.3 Å². The van der Waals surface area contributed by atoms with Crippen LogP contribution in [0.2, 0.25) is 0 Å². The van der Waals surface area contributed by atoms with Crippen LogP contribution in [0.4, 0.5) is 0 Å². The Morgan fingerprint density at radius 2 is 1.92 bits per heavy atom. The van der Waals surface area contributed by atoms with E-state index < -0.39 is 0 Å². The zero-order chi connectivity index (χ0) is 9.52. The lowest BCUT2D eigenvalue weighted by molar-refractivity contribution is -0.116. The lowest BCUT2D eigenvalue weighted by atomic mass is 10.2. The van der Waals surface area contributed by atoms with Crippen molar-refractivity contribution in [2.45, 2.75) is 45.4 Å². The van der Waals surface area contributed by atoms with E-state index in [1.54, 1.807) is 0 Å². The molecule has 0 radical (unpaired) electrons. The first-order valence-corrected chi connectivity index (χ1v) is 7.22. The van der Waals surface area contributed by atoms with Gasteiger partial charge in [0.2, 0.25) is 0 Å². The molecule has 0 amide bonds. The molecule has 0 bridgehead atoms. The molecule has 1 nitrogen and oxygen atoms in total. The van der Waals surface area contributed by atoms with Crippen molar-refractivity contribution in [3.8, 4) is 0 Å². The van der Waals surface area contributed by atoms with E-state index in [4.69, 9.17) is 0 Å². The quantitative estimate of drug-likeness (QED) is 0.625. The van der Waals surface area contributed by atoms with Gasteiger partial charge in [0, 0.05) is 6.42 Å². The smallest absolute Gasteiger partial charge is 0.181 e. The molecule has 1 heterocycles. The van der Waals surface area contributed by atoms with Crippen molar-refractivity contribution >= 4 is 16.7 Å². The summed E-state index contributed by atoms with van der Waals surface area (Å²) in [4.78, 5) is 11.5. The summed E-state index contributed by atoms with van der Waals surface area (Å²) in [6.07, 6.45) is 7.20. The predicted molar refractivity (Wildman–Crippen MR) is 60.3 cm³/mol. The summed E-state index contributed by atoms with van der Waals surface area (Å²) in [6.45, 7) is 2.15. The van der Waals surface area contributed by atoms with E-state index >= 15 is 0 Å². The van der Waals surface area contributed by atoms with E-state index in [1.807, 2.05) is 0 Å². The van der Waals surface area contributed by atoms with E-state index in [9.17, 15) is 4.79 Å². The molecule has 0 aromatic carbocycles. The minimum absolute atomic E-state index is 0.472. The molecular formula is C11H21OS+. The summed E-state index contributed by atoms with van der Waals surface area (Å²) in [5, 5.41) is 0. The summed E-state index contributed by atoms with van der Waals surface area (Å²) >= 11 is 0. The number of carbonyl (C=O) groups is 1. The molecule has 1 saturated heterocycles. The topological polar surface area (TPSA) is 17.1 Å². The number of unbranched alkanes of at least 4 members (excludes halogenated alkanes) is 1. The van der Waals surface area contributed by atoms with Crippen LogP contribution >= 0.6 is 0 Å². The highest BCUT2D eigenvalue weighted by Crippen LogP contribution is 2.14. The number of ketones is 1. The maximum absolute atomic E-state index is 11.5. The standard InChI is InChI=1S/C11H21OS/c1-2-3-7-11(12)10-13-8-5-4-6-9-13/h2-10H2,1H3/q+1. The van der Waals surface area contributed by atoms with Gasteiger partial charge in [0.25, 0.3) is 0 Å². The molecule has 1 fully saturated rings. The Labute approximate surface area is 84.6 Å². The third-order valence-electron chi connectivity index (χ3n) is 2.54. The van der Waals surface area contributed by atoms with Crippen LogP contribution in [0, 0.1) is 0 Å². The van der Waals surface area contributed by atoms with Crippen LogP contribution < -0.4 is 0 Å². The van der Waals surface area contributed by atoms with Crippen molar-refractivity contribution in [2.24, 2.45) is 0 Å². The van der Waals surface area contributed by atoms with Gasteiger partial charge in [-0.1, -0.05) is 13.3 Å². The van der Waals surface area contributed by atoms with E-state index in [1.165, 1.54) is 30.8 Å². The molecule has 0 saturated carbocycles. The summed E-state index contributed by atoms with van der Waals surface area (Å²) in [5.41, 5.74) is 0. The van der Waals surface area contributed by atoms with Gasteiger partial charge in [-0.05, 0) is 36.6 Å². The molecule has 76 valence electrons. The lowest BCUT2D eigenvalue weighted by Crippen LogP contribution is -2.25. The van der Waals surface area contributed by atoms with E-state index in [-0.39, 0.29) is 0 Å². The summed E-state index contributed by atoms with van der Waals surface area (Å²) in [7, 11) is 0.472. The molecule has 0 atom stereocenters. The van der Waals surface area contributed by atoms with Crippen LogP contribution in [0.25, 0.3) is 0 Å². The zero-order valence-corrected chi connectivity index (χ0v) is 9.50. The fraction of sp³-hybridized carbons (Fsp3) is 0.909. The van der Waals surface area contributed by atoms with Crippen LogP contribution in [-0.2, 0) is 15.7 Å². The van der Waals surface area contributed by atoms with Gasteiger partial charge in [0.15, 0.2) is 11.5 Å². The van der Waals surface area contributed by atoms with Gasteiger partial charge >= 0.3 is 0 Å². The van der Waals surface area contributed by atoms with Crippen LogP contribution in [0.1, 0.15) is 45.4 Å². The number of carbonyl (C=O) groups excluding carboxylic acids is 1. The Balaban J connectivity index is 2.11. The first-order valence-electron chi connectivity index (χ1n) is 5.48. The van der Waals surface area contributed by atoms with Gasteiger partial charge in [-0.2, -0.15) is 0 Å². The monoisotopic (exact) mass is 201 g/mol. The number of rotatable bonds is 5. The summed E-state index contributed by atoms with van der Waals surface area (Å²) in [5.74, 6) is 4.09. The van der Waals surface area contributed by atoms with Gasteiger partial charge in [0.1, 0.15) is 11.5 Å². The second-order valence-electron chi connectivity index (χ2n) is 3.87. The van der Waals surface area contributed by atoms with Gasteiger partial charge in [-0.3, -0.25) is 4.79 Å². The van der Waals surface area contributed by atoms with Gasteiger partial charge < -0.3 is 0 Å². The average Bonchev–Trinajstić information content (AvgIpc) is 2.16.